The van der Waals surface area contributed by atoms with Crippen LogP contribution in [0, 0.1) is 6.92 Å². The van der Waals surface area contributed by atoms with Crippen LogP contribution in [-0.2, 0) is 14.9 Å². The number of nitrogens with one attached hydrogen (secondary N) is 1. The number of hydrogen-bond acceptors (Lipinski definition) is 4. The summed E-state index contributed by atoms with van der Waals surface area (Å²) < 4.78 is 6.84. The molecule has 3 aromatic rings. The standard InChI is InChI=1S/C23H25N3O3/c1-16-9-8-10-17(13-16)22(28)29-15-21(27)24-20-14-19(23(2,3)4)25-26(20)18-11-6-5-7-12-18/h5-14H,15H2,1-4H3,(H,24,27). The average Bonchev–Trinajstić information content (AvgIpc) is 3.11. The molecule has 0 aliphatic rings. The molecule has 0 spiro atoms. The molecule has 2 aromatic carbocycles. The quantitative estimate of drug-likeness (QED) is 0.659. The van der Waals surface area contributed by atoms with Gasteiger partial charge in [0.25, 0.3) is 5.91 Å². The summed E-state index contributed by atoms with van der Waals surface area (Å²) >= 11 is 0. The van der Waals surface area contributed by atoms with Crippen LogP contribution in [0.4, 0.5) is 5.82 Å². The van der Waals surface area contributed by atoms with Crippen LogP contribution in [0.25, 0.3) is 5.69 Å². The minimum atomic E-state index is -0.532. The van der Waals surface area contributed by atoms with Gasteiger partial charge in [-0.15, -0.1) is 0 Å². The molecule has 0 fully saturated rings. The number of nitrogens with zero attached hydrogens (tertiary/aromatic N) is 2. The highest BCUT2D eigenvalue weighted by molar-refractivity contribution is 5.95. The predicted molar refractivity (Wildman–Crippen MR) is 112 cm³/mol. The summed E-state index contributed by atoms with van der Waals surface area (Å²) in [6.45, 7) is 7.68. The first-order chi connectivity index (χ1) is 13.7. The van der Waals surface area contributed by atoms with Crippen molar-refractivity contribution in [1.29, 1.82) is 0 Å². The zero-order valence-electron chi connectivity index (χ0n) is 17.1. The molecule has 0 aliphatic carbocycles. The van der Waals surface area contributed by atoms with E-state index in [0.29, 0.717) is 11.4 Å². The van der Waals surface area contributed by atoms with Crippen molar-refractivity contribution in [2.24, 2.45) is 0 Å². The largest absolute Gasteiger partial charge is 0.452 e. The molecule has 6 nitrogen and oxygen atoms in total. The summed E-state index contributed by atoms with van der Waals surface area (Å²) in [6, 6.07) is 18.4. The van der Waals surface area contributed by atoms with E-state index < -0.39 is 11.9 Å². The van der Waals surface area contributed by atoms with Gasteiger partial charge >= 0.3 is 5.97 Å². The number of aromatic nitrogens is 2. The number of rotatable bonds is 5. The molecule has 0 unspecified atom stereocenters. The first-order valence-electron chi connectivity index (χ1n) is 9.43. The highest BCUT2D eigenvalue weighted by Crippen LogP contribution is 2.26. The average molecular weight is 391 g/mol. The van der Waals surface area contributed by atoms with E-state index in [4.69, 9.17) is 4.74 Å². The van der Waals surface area contributed by atoms with E-state index in [9.17, 15) is 9.59 Å². The molecule has 29 heavy (non-hydrogen) atoms. The van der Waals surface area contributed by atoms with Crippen LogP contribution in [0.5, 0.6) is 0 Å². The predicted octanol–water partition coefficient (Wildman–Crippen LogP) is 4.27. The summed E-state index contributed by atoms with van der Waals surface area (Å²) in [5, 5.41) is 7.46. The Hall–Kier alpha value is -3.41. The third-order valence-corrected chi connectivity index (χ3v) is 4.33. The lowest BCUT2D eigenvalue weighted by molar-refractivity contribution is -0.119. The topological polar surface area (TPSA) is 73.2 Å². The molecule has 1 aromatic heterocycles. The van der Waals surface area contributed by atoms with Crippen LogP contribution in [0.1, 0.15) is 42.4 Å². The summed E-state index contributed by atoms with van der Waals surface area (Å²) in [6.07, 6.45) is 0. The summed E-state index contributed by atoms with van der Waals surface area (Å²) in [7, 11) is 0. The minimum absolute atomic E-state index is 0.183. The van der Waals surface area contributed by atoms with E-state index in [1.165, 1.54) is 0 Å². The summed E-state index contributed by atoms with van der Waals surface area (Å²) in [5.41, 5.74) is 2.85. The van der Waals surface area contributed by atoms with Crippen molar-refractivity contribution < 1.29 is 14.3 Å². The van der Waals surface area contributed by atoms with Gasteiger partial charge in [0.15, 0.2) is 6.61 Å². The molecule has 0 saturated heterocycles. The maximum atomic E-state index is 12.4. The second kappa shape index (κ2) is 8.31. The molecule has 150 valence electrons. The molecule has 0 saturated carbocycles. The Morgan fingerprint density at radius 2 is 1.76 bits per heavy atom. The number of para-hydroxylation sites is 1. The number of carbonyl (C=O) groups excluding carboxylic acids is 2. The lowest BCUT2D eigenvalue weighted by Crippen LogP contribution is -2.22. The molecule has 1 N–H and O–H groups in total. The second-order valence-corrected chi connectivity index (χ2v) is 7.91. The van der Waals surface area contributed by atoms with Crippen molar-refractivity contribution in [3.63, 3.8) is 0 Å². The summed E-state index contributed by atoms with van der Waals surface area (Å²) in [5.74, 6) is -0.433. The van der Waals surface area contributed by atoms with Gasteiger partial charge in [-0.25, -0.2) is 9.48 Å². The zero-order chi connectivity index (χ0) is 21.0. The molecule has 0 radical (unpaired) electrons. The third kappa shape index (κ3) is 5.10. The van der Waals surface area contributed by atoms with Crippen LogP contribution in [0.15, 0.2) is 60.7 Å². The highest BCUT2D eigenvalue weighted by atomic mass is 16.5. The van der Waals surface area contributed by atoms with Gasteiger partial charge in [-0.3, -0.25) is 4.79 Å². The van der Waals surface area contributed by atoms with Gasteiger partial charge in [-0.2, -0.15) is 5.10 Å². The Labute approximate surface area is 170 Å². The molecule has 0 atom stereocenters. The van der Waals surface area contributed by atoms with E-state index in [-0.39, 0.29) is 12.0 Å². The lowest BCUT2D eigenvalue weighted by atomic mass is 9.92. The van der Waals surface area contributed by atoms with Gasteiger partial charge in [-0.05, 0) is 31.2 Å². The molecule has 0 bridgehead atoms. The number of aryl methyl sites for hydroxylation is 1. The number of benzene rings is 2. The maximum absolute atomic E-state index is 12.4. The fraction of sp³-hybridized carbons (Fsp3) is 0.261. The van der Waals surface area contributed by atoms with Gasteiger partial charge in [0.2, 0.25) is 0 Å². The van der Waals surface area contributed by atoms with Gasteiger partial charge in [0.05, 0.1) is 16.9 Å². The van der Waals surface area contributed by atoms with Crippen molar-refractivity contribution in [3.8, 4) is 5.69 Å². The minimum Gasteiger partial charge on any atom is -0.452 e. The van der Waals surface area contributed by atoms with E-state index >= 15 is 0 Å². The third-order valence-electron chi connectivity index (χ3n) is 4.33. The molecular formula is C23H25N3O3. The van der Waals surface area contributed by atoms with Gasteiger partial charge in [-0.1, -0.05) is 56.7 Å². The Morgan fingerprint density at radius 1 is 1.03 bits per heavy atom. The molecule has 1 heterocycles. The van der Waals surface area contributed by atoms with Crippen LogP contribution in [-0.4, -0.2) is 28.3 Å². The lowest BCUT2D eigenvalue weighted by Gasteiger charge is -2.14. The van der Waals surface area contributed by atoms with Crippen molar-refractivity contribution in [1.82, 2.24) is 9.78 Å². The smallest absolute Gasteiger partial charge is 0.338 e. The molecule has 6 heteroatoms. The Bertz CT molecular complexity index is 1020. The van der Waals surface area contributed by atoms with E-state index in [1.54, 1.807) is 22.9 Å². The number of anilines is 1. The second-order valence-electron chi connectivity index (χ2n) is 7.91. The van der Waals surface area contributed by atoms with Gasteiger partial charge in [0.1, 0.15) is 5.82 Å². The van der Waals surface area contributed by atoms with Crippen molar-refractivity contribution in [2.75, 3.05) is 11.9 Å². The molecule has 1 amide bonds. The van der Waals surface area contributed by atoms with Crippen LogP contribution < -0.4 is 5.32 Å². The maximum Gasteiger partial charge on any atom is 0.338 e. The van der Waals surface area contributed by atoms with Gasteiger partial charge < -0.3 is 10.1 Å². The number of carbonyl (C=O) groups is 2. The monoisotopic (exact) mass is 391 g/mol. The van der Waals surface area contributed by atoms with E-state index in [1.807, 2.05) is 49.4 Å². The molecular weight excluding hydrogens is 366 g/mol. The van der Waals surface area contributed by atoms with E-state index in [0.717, 1.165) is 16.9 Å². The van der Waals surface area contributed by atoms with Crippen molar-refractivity contribution >= 4 is 17.7 Å². The zero-order valence-corrected chi connectivity index (χ0v) is 17.1. The Morgan fingerprint density at radius 3 is 2.41 bits per heavy atom. The SMILES string of the molecule is Cc1cccc(C(=O)OCC(=O)Nc2cc(C(C)(C)C)nn2-c2ccccc2)c1. The summed E-state index contributed by atoms with van der Waals surface area (Å²) in [4.78, 5) is 24.6. The highest BCUT2D eigenvalue weighted by Gasteiger charge is 2.22. The Balaban J connectivity index is 1.74. The van der Waals surface area contributed by atoms with E-state index in [2.05, 4.69) is 31.2 Å². The first kappa shape index (κ1) is 20.3. The Kier molecular flexibility index (Phi) is 5.82. The van der Waals surface area contributed by atoms with Crippen LogP contribution >= 0.6 is 0 Å². The van der Waals surface area contributed by atoms with Crippen molar-refractivity contribution in [3.05, 3.63) is 77.5 Å². The number of amides is 1. The molecule has 0 aliphatic heterocycles. The number of ether oxygens (including phenoxy) is 1. The number of esters is 1. The fourth-order valence-corrected chi connectivity index (χ4v) is 2.77. The van der Waals surface area contributed by atoms with Crippen LogP contribution in [0.3, 0.4) is 0 Å². The first-order valence-corrected chi connectivity index (χ1v) is 9.43. The van der Waals surface area contributed by atoms with Crippen molar-refractivity contribution in [2.45, 2.75) is 33.1 Å². The fourth-order valence-electron chi connectivity index (χ4n) is 2.77. The van der Waals surface area contributed by atoms with Crippen LogP contribution in [0.2, 0.25) is 0 Å². The number of hydrogen-bond donors (Lipinski definition) is 1. The van der Waals surface area contributed by atoms with Gasteiger partial charge in [0, 0.05) is 11.5 Å². The molecule has 3 rings (SSSR count). The normalized spacial score (nSPS) is 11.2.